The highest BCUT2D eigenvalue weighted by molar-refractivity contribution is 5.66. The smallest absolute Gasteiger partial charge is 0.143 e. The largest absolute Gasteiger partial charge is 0.495 e. The van der Waals surface area contributed by atoms with Gasteiger partial charge in [-0.05, 0) is 25.0 Å². The van der Waals surface area contributed by atoms with Gasteiger partial charge in [0.1, 0.15) is 11.8 Å². The van der Waals surface area contributed by atoms with Crippen molar-refractivity contribution >= 4 is 5.69 Å². The summed E-state index contributed by atoms with van der Waals surface area (Å²) in [5.74, 6) is 0.740. The van der Waals surface area contributed by atoms with Gasteiger partial charge in [-0.1, -0.05) is 32.8 Å². The van der Waals surface area contributed by atoms with Crippen molar-refractivity contribution in [3.05, 3.63) is 23.8 Å². The van der Waals surface area contributed by atoms with Gasteiger partial charge in [-0.3, -0.25) is 0 Å². The lowest BCUT2D eigenvalue weighted by molar-refractivity contribution is 0.415. The first-order valence-electron chi connectivity index (χ1n) is 6.60. The third kappa shape index (κ3) is 3.66. The van der Waals surface area contributed by atoms with Crippen LogP contribution in [0.25, 0.3) is 0 Å². The lowest BCUT2D eigenvalue weighted by Gasteiger charge is -2.20. The number of nitrogens with zero attached hydrogens (tertiary/aromatic N) is 1. The summed E-state index contributed by atoms with van der Waals surface area (Å²) in [5.41, 5.74) is 1.47. The lowest BCUT2D eigenvalue weighted by atomic mass is 10.1. The fourth-order valence-corrected chi connectivity index (χ4v) is 1.98. The van der Waals surface area contributed by atoms with Gasteiger partial charge in [0.25, 0.3) is 0 Å². The van der Waals surface area contributed by atoms with Gasteiger partial charge in [-0.2, -0.15) is 5.26 Å². The van der Waals surface area contributed by atoms with E-state index in [1.54, 1.807) is 7.11 Å². The van der Waals surface area contributed by atoms with E-state index in [0.29, 0.717) is 11.6 Å². The minimum Gasteiger partial charge on any atom is -0.495 e. The van der Waals surface area contributed by atoms with Gasteiger partial charge in [-0.15, -0.1) is 0 Å². The van der Waals surface area contributed by atoms with Gasteiger partial charge in [0.2, 0.25) is 0 Å². The molecule has 1 aromatic rings. The monoisotopic (exact) mass is 246 g/mol. The standard InChI is InChI=1S/C15H22N2O/c1-4-6-9-13(5-2)17-15-12(11-16)8-7-10-14(15)18-3/h7-8,10,13,17H,4-6,9H2,1-3H3. The van der Waals surface area contributed by atoms with Crippen molar-refractivity contribution in [3.8, 4) is 11.8 Å². The zero-order valence-corrected chi connectivity index (χ0v) is 11.5. The van der Waals surface area contributed by atoms with Crippen molar-refractivity contribution in [2.45, 2.75) is 45.6 Å². The zero-order valence-electron chi connectivity index (χ0n) is 11.5. The number of nitrogens with one attached hydrogen (secondary N) is 1. The number of benzene rings is 1. The molecule has 0 aliphatic carbocycles. The van der Waals surface area contributed by atoms with Gasteiger partial charge < -0.3 is 10.1 Å². The highest BCUT2D eigenvalue weighted by Crippen LogP contribution is 2.29. The summed E-state index contributed by atoms with van der Waals surface area (Å²) < 4.78 is 5.32. The second-order valence-corrected chi connectivity index (χ2v) is 4.39. The predicted molar refractivity (Wildman–Crippen MR) is 74.9 cm³/mol. The van der Waals surface area contributed by atoms with Crippen molar-refractivity contribution in [2.24, 2.45) is 0 Å². The topological polar surface area (TPSA) is 45.0 Å². The van der Waals surface area contributed by atoms with Crippen LogP contribution in [0.15, 0.2) is 18.2 Å². The number of anilines is 1. The van der Waals surface area contributed by atoms with Crippen molar-refractivity contribution in [3.63, 3.8) is 0 Å². The van der Waals surface area contributed by atoms with Crippen molar-refractivity contribution in [1.29, 1.82) is 5.26 Å². The van der Waals surface area contributed by atoms with Gasteiger partial charge in [0, 0.05) is 6.04 Å². The molecule has 1 aromatic carbocycles. The molecule has 0 spiro atoms. The van der Waals surface area contributed by atoms with Crippen LogP contribution >= 0.6 is 0 Å². The van der Waals surface area contributed by atoms with Gasteiger partial charge in [0.15, 0.2) is 0 Å². The van der Waals surface area contributed by atoms with Gasteiger partial charge in [0.05, 0.1) is 18.4 Å². The number of para-hydroxylation sites is 1. The average Bonchev–Trinajstić information content (AvgIpc) is 2.43. The molecule has 0 heterocycles. The number of hydrogen-bond acceptors (Lipinski definition) is 3. The molecule has 0 aliphatic rings. The Hall–Kier alpha value is -1.69. The Balaban J connectivity index is 2.90. The van der Waals surface area contributed by atoms with Crippen LogP contribution in [0.4, 0.5) is 5.69 Å². The predicted octanol–water partition coefficient (Wildman–Crippen LogP) is 3.95. The zero-order chi connectivity index (χ0) is 13.4. The van der Waals surface area contributed by atoms with E-state index in [9.17, 15) is 0 Å². The lowest BCUT2D eigenvalue weighted by Crippen LogP contribution is -2.19. The van der Waals surface area contributed by atoms with E-state index < -0.39 is 0 Å². The maximum absolute atomic E-state index is 9.15. The highest BCUT2D eigenvalue weighted by atomic mass is 16.5. The Morgan fingerprint density at radius 3 is 2.72 bits per heavy atom. The van der Waals surface area contributed by atoms with Crippen LogP contribution in [0, 0.1) is 11.3 Å². The SMILES string of the molecule is CCCCC(CC)Nc1c(C#N)cccc1OC. The summed E-state index contributed by atoms with van der Waals surface area (Å²) in [6.07, 6.45) is 4.55. The maximum Gasteiger partial charge on any atom is 0.143 e. The fraction of sp³-hybridized carbons (Fsp3) is 0.533. The molecular weight excluding hydrogens is 224 g/mol. The van der Waals surface area contributed by atoms with E-state index in [2.05, 4.69) is 25.2 Å². The van der Waals surface area contributed by atoms with E-state index >= 15 is 0 Å². The Kier molecular flexibility index (Phi) is 6.07. The molecule has 0 amide bonds. The van der Waals surface area contributed by atoms with Gasteiger partial charge >= 0.3 is 0 Å². The summed E-state index contributed by atoms with van der Waals surface area (Å²) >= 11 is 0. The number of nitriles is 1. The van der Waals surface area contributed by atoms with Crippen LogP contribution in [-0.4, -0.2) is 13.2 Å². The Morgan fingerprint density at radius 1 is 1.39 bits per heavy atom. The van der Waals surface area contributed by atoms with Crippen LogP contribution in [0.2, 0.25) is 0 Å². The molecule has 3 heteroatoms. The summed E-state index contributed by atoms with van der Waals surface area (Å²) in [7, 11) is 1.63. The highest BCUT2D eigenvalue weighted by Gasteiger charge is 2.13. The number of methoxy groups -OCH3 is 1. The normalized spacial score (nSPS) is 11.7. The second-order valence-electron chi connectivity index (χ2n) is 4.39. The second kappa shape index (κ2) is 7.60. The molecule has 18 heavy (non-hydrogen) atoms. The molecule has 1 rings (SSSR count). The molecule has 3 nitrogen and oxygen atoms in total. The molecule has 1 atom stereocenters. The summed E-state index contributed by atoms with van der Waals surface area (Å²) in [6, 6.07) is 8.15. The van der Waals surface area contributed by atoms with Crippen LogP contribution in [0.1, 0.15) is 45.1 Å². The van der Waals surface area contributed by atoms with Crippen molar-refractivity contribution < 1.29 is 4.74 Å². The molecule has 1 N–H and O–H groups in total. The molecular formula is C15H22N2O. The molecule has 0 saturated carbocycles. The summed E-state index contributed by atoms with van der Waals surface area (Å²) in [6.45, 7) is 4.35. The van der Waals surface area contributed by atoms with Crippen LogP contribution in [-0.2, 0) is 0 Å². The minimum atomic E-state index is 0.397. The molecule has 0 saturated heterocycles. The molecule has 0 fully saturated rings. The quantitative estimate of drug-likeness (QED) is 0.792. The van der Waals surface area contributed by atoms with E-state index in [0.717, 1.165) is 24.3 Å². The Labute approximate surface area is 110 Å². The number of ether oxygens (including phenoxy) is 1. The summed E-state index contributed by atoms with van der Waals surface area (Å²) in [4.78, 5) is 0. The van der Waals surface area contributed by atoms with Gasteiger partial charge in [-0.25, -0.2) is 0 Å². The van der Waals surface area contributed by atoms with Crippen molar-refractivity contribution in [1.82, 2.24) is 0 Å². The van der Waals surface area contributed by atoms with Crippen molar-refractivity contribution in [2.75, 3.05) is 12.4 Å². The molecule has 0 aliphatic heterocycles. The number of hydrogen-bond donors (Lipinski definition) is 1. The van der Waals surface area contributed by atoms with E-state index in [1.807, 2.05) is 18.2 Å². The third-order valence-corrected chi connectivity index (χ3v) is 3.11. The van der Waals surface area contributed by atoms with E-state index in [1.165, 1.54) is 12.8 Å². The average molecular weight is 246 g/mol. The molecule has 98 valence electrons. The first kappa shape index (κ1) is 14.4. The third-order valence-electron chi connectivity index (χ3n) is 3.11. The van der Waals surface area contributed by atoms with E-state index in [-0.39, 0.29) is 0 Å². The summed E-state index contributed by atoms with van der Waals surface area (Å²) in [5, 5.41) is 12.6. The van der Waals surface area contributed by atoms with Crippen LogP contribution in [0.3, 0.4) is 0 Å². The molecule has 0 aromatic heterocycles. The first-order chi connectivity index (χ1) is 8.76. The Morgan fingerprint density at radius 2 is 2.17 bits per heavy atom. The van der Waals surface area contributed by atoms with E-state index in [4.69, 9.17) is 10.00 Å². The van der Waals surface area contributed by atoms with Crippen LogP contribution in [0.5, 0.6) is 5.75 Å². The minimum absolute atomic E-state index is 0.397. The maximum atomic E-state index is 9.15. The number of rotatable bonds is 7. The first-order valence-corrected chi connectivity index (χ1v) is 6.60. The van der Waals surface area contributed by atoms with Crippen LogP contribution < -0.4 is 10.1 Å². The molecule has 0 bridgehead atoms. The molecule has 0 radical (unpaired) electrons. The number of unbranched alkanes of at least 4 members (excludes halogenated alkanes) is 1. The molecule has 1 unspecified atom stereocenters. The Bertz CT molecular complexity index is 409. The fourth-order valence-electron chi connectivity index (χ4n) is 1.98.